The first kappa shape index (κ1) is 13.4. The maximum Gasteiger partial charge on any atom is 0.236 e. The fourth-order valence-corrected chi connectivity index (χ4v) is 1.64. The number of carbonyl (C=O) groups is 1. The first-order valence-electron chi connectivity index (χ1n) is 5.65. The lowest BCUT2D eigenvalue weighted by molar-refractivity contribution is -0.132. The third kappa shape index (κ3) is 4.47. The largest absolute Gasteiger partial charge is 0.389 e. The molecule has 0 aromatic carbocycles. The minimum absolute atomic E-state index is 0.0459. The predicted octanol–water partition coefficient (Wildman–Crippen LogP) is -0.454. The normalized spacial score (nSPS) is 17.6. The molecule has 1 N–H and O–H groups in total. The number of aliphatic hydroxyl groups excluding tert-OH is 1. The fraction of sp³-hybridized carbons (Fsp3) is 0.909. The first-order chi connectivity index (χ1) is 7.54. The molecule has 5 heteroatoms. The van der Waals surface area contributed by atoms with Crippen LogP contribution < -0.4 is 0 Å². The van der Waals surface area contributed by atoms with Gasteiger partial charge in [-0.15, -0.1) is 0 Å². The minimum atomic E-state index is -0.606. The summed E-state index contributed by atoms with van der Waals surface area (Å²) in [6.45, 7) is 1.02. The molecule has 0 spiro atoms. The lowest BCUT2D eigenvalue weighted by Crippen LogP contribution is -2.41. The SMILES string of the molecule is COCC(O)CN(C)C(=O)CN(C)C1CC1. The standard InChI is InChI=1S/C11H22N2O3/c1-12(9-4-5-9)7-11(15)13(2)6-10(14)8-16-3/h9-10,14H,4-8H2,1-3H3. The van der Waals surface area contributed by atoms with Crippen LogP contribution in [0.25, 0.3) is 0 Å². The molecule has 1 rings (SSSR count). The van der Waals surface area contributed by atoms with Crippen LogP contribution in [-0.4, -0.2) is 73.9 Å². The number of ether oxygens (including phenoxy) is 1. The van der Waals surface area contributed by atoms with Crippen LogP contribution in [0.3, 0.4) is 0 Å². The molecule has 0 aromatic rings. The Kier molecular flexibility index (Phi) is 5.18. The van der Waals surface area contributed by atoms with Crippen molar-refractivity contribution in [2.75, 3.05) is 40.9 Å². The molecule has 0 aliphatic heterocycles. The molecule has 16 heavy (non-hydrogen) atoms. The summed E-state index contributed by atoms with van der Waals surface area (Å²) < 4.78 is 4.82. The van der Waals surface area contributed by atoms with Crippen molar-refractivity contribution in [2.45, 2.75) is 25.0 Å². The van der Waals surface area contributed by atoms with Crippen molar-refractivity contribution in [3.8, 4) is 0 Å². The molecule has 0 radical (unpaired) electrons. The van der Waals surface area contributed by atoms with Gasteiger partial charge in [-0.2, -0.15) is 0 Å². The van der Waals surface area contributed by atoms with E-state index >= 15 is 0 Å². The Hall–Kier alpha value is -0.650. The molecule has 0 aromatic heterocycles. The van der Waals surface area contributed by atoms with Gasteiger partial charge in [0.05, 0.1) is 19.3 Å². The number of rotatable bonds is 7. The summed E-state index contributed by atoms with van der Waals surface area (Å²) in [6, 6.07) is 0.584. The number of nitrogens with zero attached hydrogens (tertiary/aromatic N) is 2. The van der Waals surface area contributed by atoms with Crippen molar-refractivity contribution < 1.29 is 14.6 Å². The number of hydrogen-bond donors (Lipinski definition) is 1. The number of amides is 1. The summed E-state index contributed by atoms with van der Waals surface area (Å²) in [5.41, 5.74) is 0. The van der Waals surface area contributed by atoms with Crippen molar-refractivity contribution in [3.05, 3.63) is 0 Å². The van der Waals surface area contributed by atoms with Gasteiger partial charge in [0, 0.05) is 26.7 Å². The van der Waals surface area contributed by atoms with Crippen molar-refractivity contribution in [3.63, 3.8) is 0 Å². The summed E-state index contributed by atoms with van der Waals surface area (Å²) in [5, 5.41) is 9.49. The van der Waals surface area contributed by atoms with E-state index in [4.69, 9.17) is 4.74 Å². The van der Waals surface area contributed by atoms with Gasteiger partial charge >= 0.3 is 0 Å². The lowest BCUT2D eigenvalue weighted by atomic mass is 10.3. The van der Waals surface area contributed by atoms with Gasteiger partial charge in [0.15, 0.2) is 0 Å². The Balaban J connectivity index is 2.23. The molecule has 5 nitrogen and oxygen atoms in total. The van der Waals surface area contributed by atoms with E-state index in [9.17, 15) is 9.90 Å². The maximum atomic E-state index is 11.8. The van der Waals surface area contributed by atoms with Crippen molar-refractivity contribution >= 4 is 5.91 Å². The molecule has 0 heterocycles. The number of carbonyl (C=O) groups excluding carboxylic acids is 1. The first-order valence-corrected chi connectivity index (χ1v) is 5.65. The van der Waals surface area contributed by atoms with E-state index < -0.39 is 6.10 Å². The molecule has 1 aliphatic carbocycles. The van der Waals surface area contributed by atoms with Gasteiger partial charge in [0.2, 0.25) is 5.91 Å². The number of likely N-dealkylation sites (N-methyl/N-ethyl adjacent to an activating group) is 2. The minimum Gasteiger partial charge on any atom is -0.389 e. The van der Waals surface area contributed by atoms with Crippen LogP contribution >= 0.6 is 0 Å². The van der Waals surface area contributed by atoms with Gasteiger partial charge in [0.25, 0.3) is 0 Å². The van der Waals surface area contributed by atoms with Crippen molar-refractivity contribution in [2.24, 2.45) is 0 Å². The average Bonchev–Trinajstić information content (AvgIpc) is 3.00. The van der Waals surface area contributed by atoms with E-state index in [1.54, 1.807) is 11.9 Å². The van der Waals surface area contributed by atoms with Crippen molar-refractivity contribution in [1.29, 1.82) is 0 Å². The molecular weight excluding hydrogens is 208 g/mol. The highest BCUT2D eigenvalue weighted by atomic mass is 16.5. The molecule has 0 saturated heterocycles. The van der Waals surface area contributed by atoms with Gasteiger partial charge in [0.1, 0.15) is 0 Å². The highest BCUT2D eigenvalue weighted by Crippen LogP contribution is 2.24. The molecular formula is C11H22N2O3. The Bertz CT molecular complexity index is 231. The smallest absolute Gasteiger partial charge is 0.236 e. The van der Waals surface area contributed by atoms with Gasteiger partial charge in [-0.1, -0.05) is 0 Å². The molecule has 0 bridgehead atoms. The van der Waals surface area contributed by atoms with Crippen LogP contribution in [0, 0.1) is 0 Å². The monoisotopic (exact) mass is 230 g/mol. The van der Waals surface area contributed by atoms with Crippen molar-refractivity contribution in [1.82, 2.24) is 9.80 Å². The highest BCUT2D eigenvalue weighted by Gasteiger charge is 2.28. The summed E-state index contributed by atoms with van der Waals surface area (Å²) in [4.78, 5) is 15.4. The zero-order chi connectivity index (χ0) is 12.1. The van der Waals surface area contributed by atoms with Crippen LogP contribution in [0.5, 0.6) is 0 Å². The average molecular weight is 230 g/mol. The third-order valence-corrected chi connectivity index (χ3v) is 2.82. The summed E-state index contributed by atoms with van der Waals surface area (Å²) >= 11 is 0. The van der Waals surface area contributed by atoms with E-state index in [0.717, 1.165) is 0 Å². The lowest BCUT2D eigenvalue weighted by Gasteiger charge is -2.23. The number of methoxy groups -OCH3 is 1. The summed E-state index contributed by atoms with van der Waals surface area (Å²) in [7, 11) is 5.21. The van der Waals surface area contributed by atoms with Crippen LogP contribution in [0.15, 0.2) is 0 Å². The van der Waals surface area contributed by atoms with Gasteiger partial charge in [-0.05, 0) is 19.9 Å². The second-order valence-corrected chi connectivity index (χ2v) is 4.53. The Morgan fingerprint density at radius 1 is 1.50 bits per heavy atom. The van der Waals surface area contributed by atoms with E-state index in [2.05, 4.69) is 4.90 Å². The summed E-state index contributed by atoms with van der Waals surface area (Å²) in [6.07, 6.45) is 1.78. The summed E-state index contributed by atoms with van der Waals surface area (Å²) in [5.74, 6) is 0.0459. The van der Waals surface area contributed by atoms with E-state index in [1.807, 2.05) is 7.05 Å². The molecule has 1 saturated carbocycles. The van der Waals surface area contributed by atoms with Crippen LogP contribution in [0.4, 0.5) is 0 Å². The Labute approximate surface area is 97.0 Å². The third-order valence-electron chi connectivity index (χ3n) is 2.82. The molecule has 1 aliphatic rings. The molecule has 1 fully saturated rings. The Morgan fingerprint density at radius 3 is 2.62 bits per heavy atom. The topological polar surface area (TPSA) is 53.0 Å². The molecule has 1 unspecified atom stereocenters. The van der Waals surface area contributed by atoms with Gasteiger partial charge < -0.3 is 14.7 Å². The van der Waals surface area contributed by atoms with E-state index in [0.29, 0.717) is 19.1 Å². The predicted molar refractivity (Wildman–Crippen MR) is 61.2 cm³/mol. The van der Waals surface area contributed by atoms with Crippen LogP contribution in [-0.2, 0) is 9.53 Å². The quantitative estimate of drug-likeness (QED) is 0.643. The highest BCUT2D eigenvalue weighted by molar-refractivity contribution is 5.78. The fourth-order valence-electron chi connectivity index (χ4n) is 1.64. The zero-order valence-electron chi connectivity index (χ0n) is 10.3. The maximum absolute atomic E-state index is 11.8. The van der Waals surface area contributed by atoms with Gasteiger partial charge in [-0.3, -0.25) is 9.69 Å². The molecule has 94 valence electrons. The second-order valence-electron chi connectivity index (χ2n) is 4.53. The molecule has 1 atom stereocenters. The van der Waals surface area contributed by atoms with Gasteiger partial charge in [-0.25, -0.2) is 0 Å². The Morgan fingerprint density at radius 2 is 2.12 bits per heavy atom. The number of aliphatic hydroxyl groups is 1. The second kappa shape index (κ2) is 6.18. The van der Waals surface area contributed by atoms with Crippen LogP contribution in [0.1, 0.15) is 12.8 Å². The van der Waals surface area contributed by atoms with E-state index in [1.165, 1.54) is 20.0 Å². The molecule has 1 amide bonds. The number of hydrogen-bond acceptors (Lipinski definition) is 4. The zero-order valence-corrected chi connectivity index (χ0v) is 10.3. The van der Waals surface area contributed by atoms with E-state index in [-0.39, 0.29) is 12.5 Å². The van der Waals surface area contributed by atoms with Crippen LogP contribution in [0.2, 0.25) is 0 Å².